The molecule has 1 fully saturated rings. The molecule has 4 heteroatoms. The molecular formula is C12H14BrN3. The first-order valence-electron chi connectivity index (χ1n) is 5.75. The summed E-state index contributed by atoms with van der Waals surface area (Å²) in [6.07, 6.45) is 6.89. The van der Waals surface area contributed by atoms with E-state index >= 15 is 0 Å². The van der Waals surface area contributed by atoms with E-state index in [0.717, 1.165) is 15.6 Å². The van der Waals surface area contributed by atoms with Crippen LogP contribution in [0.4, 0.5) is 0 Å². The Morgan fingerprint density at radius 2 is 2.06 bits per heavy atom. The zero-order valence-corrected chi connectivity index (χ0v) is 10.9. The number of fused-ring (bicyclic) bond motifs is 1. The van der Waals surface area contributed by atoms with Crippen LogP contribution in [-0.2, 0) is 0 Å². The number of rotatable bonds is 1. The van der Waals surface area contributed by atoms with E-state index in [2.05, 4.69) is 43.5 Å². The summed E-state index contributed by atoms with van der Waals surface area (Å²) in [5, 5.41) is 1.13. The summed E-state index contributed by atoms with van der Waals surface area (Å²) in [6.45, 7) is 2.16. The van der Waals surface area contributed by atoms with Gasteiger partial charge in [-0.1, -0.05) is 12.8 Å². The first kappa shape index (κ1) is 10.3. The van der Waals surface area contributed by atoms with E-state index in [1.807, 2.05) is 0 Å². The summed E-state index contributed by atoms with van der Waals surface area (Å²) in [4.78, 5) is 8.61. The highest BCUT2D eigenvalue weighted by Crippen LogP contribution is 2.35. The van der Waals surface area contributed by atoms with Gasteiger partial charge in [0.1, 0.15) is 16.6 Å². The standard InChI is InChI=1S/C12H14BrN3/c1-8-6-10-11(13)14-7-15-12(10)16(8)9-4-2-3-5-9/h6-7,9H,2-5H2,1H3. The molecule has 0 N–H and O–H groups in total. The van der Waals surface area contributed by atoms with Crippen LogP contribution in [0.25, 0.3) is 11.0 Å². The smallest absolute Gasteiger partial charge is 0.144 e. The third-order valence-electron chi connectivity index (χ3n) is 3.47. The van der Waals surface area contributed by atoms with E-state index in [1.165, 1.54) is 31.4 Å². The maximum atomic E-state index is 4.43. The normalized spacial score (nSPS) is 17.4. The van der Waals surface area contributed by atoms with Crippen LogP contribution in [0.5, 0.6) is 0 Å². The zero-order valence-electron chi connectivity index (χ0n) is 9.28. The number of nitrogens with zero attached hydrogens (tertiary/aromatic N) is 3. The first-order valence-corrected chi connectivity index (χ1v) is 6.54. The maximum Gasteiger partial charge on any atom is 0.144 e. The van der Waals surface area contributed by atoms with E-state index in [0.29, 0.717) is 6.04 Å². The molecular weight excluding hydrogens is 266 g/mol. The second kappa shape index (κ2) is 3.84. The maximum absolute atomic E-state index is 4.43. The van der Waals surface area contributed by atoms with Gasteiger partial charge in [0, 0.05) is 11.7 Å². The van der Waals surface area contributed by atoms with Crippen molar-refractivity contribution in [1.29, 1.82) is 0 Å². The van der Waals surface area contributed by atoms with Crippen LogP contribution in [0, 0.1) is 6.92 Å². The van der Waals surface area contributed by atoms with E-state index in [-0.39, 0.29) is 0 Å². The highest BCUT2D eigenvalue weighted by molar-refractivity contribution is 9.10. The van der Waals surface area contributed by atoms with Gasteiger partial charge in [-0.15, -0.1) is 0 Å². The highest BCUT2D eigenvalue weighted by Gasteiger charge is 2.21. The Balaban J connectivity index is 2.22. The minimum Gasteiger partial charge on any atom is -0.327 e. The Kier molecular flexibility index (Phi) is 2.46. The summed E-state index contributed by atoms with van der Waals surface area (Å²) in [7, 11) is 0. The van der Waals surface area contributed by atoms with Gasteiger partial charge in [0.2, 0.25) is 0 Å². The molecule has 3 rings (SSSR count). The lowest BCUT2D eigenvalue weighted by molar-refractivity contribution is 0.522. The second-order valence-electron chi connectivity index (χ2n) is 4.50. The molecule has 0 radical (unpaired) electrons. The lowest BCUT2D eigenvalue weighted by Gasteiger charge is -2.15. The third kappa shape index (κ3) is 1.47. The minimum atomic E-state index is 0.638. The second-order valence-corrected chi connectivity index (χ2v) is 5.25. The van der Waals surface area contributed by atoms with E-state index in [4.69, 9.17) is 0 Å². The summed E-state index contributed by atoms with van der Waals surface area (Å²) in [5.41, 5.74) is 2.37. The van der Waals surface area contributed by atoms with Gasteiger partial charge in [0.25, 0.3) is 0 Å². The number of aromatic nitrogens is 3. The molecule has 2 heterocycles. The van der Waals surface area contributed by atoms with Crippen molar-refractivity contribution in [2.75, 3.05) is 0 Å². The Hall–Kier alpha value is -0.900. The molecule has 0 unspecified atom stereocenters. The van der Waals surface area contributed by atoms with Crippen molar-refractivity contribution in [2.45, 2.75) is 38.6 Å². The molecule has 16 heavy (non-hydrogen) atoms. The van der Waals surface area contributed by atoms with Crippen LogP contribution in [0.3, 0.4) is 0 Å². The molecule has 2 aromatic heterocycles. The lowest BCUT2D eigenvalue weighted by atomic mass is 10.2. The van der Waals surface area contributed by atoms with Gasteiger partial charge in [-0.05, 0) is 41.8 Å². The van der Waals surface area contributed by atoms with Crippen molar-refractivity contribution in [1.82, 2.24) is 14.5 Å². The SMILES string of the molecule is Cc1cc2c(Br)ncnc2n1C1CCCC1. The summed E-state index contributed by atoms with van der Waals surface area (Å²) in [5.74, 6) is 0. The number of hydrogen-bond acceptors (Lipinski definition) is 2. The molecule has 0 spiro atoms. The predicted molar refractivity (Wildman–Crippen MR) is 67.5 cm³/mol. The van der Waals surface area contributed by atoms with Crippen LogP contribution in [-0.4, -0.2) is 14.5 Å². The van der Waals surface area contributed by atoms with Gasteiger partial charge in [0.05, 0.1) is 5.39 Å². The topological polar surface area (TPSA) is 30.7 Å². The van der Waals surface area contributed by atoms with Crippen LogP contribution in [0.2, 0.25) is 0 Å². The van der Waals surface area contributed by atoms with Gasteiger partial charge < -0.3 is 4.57 Å². The highest BCUT2D eigenvalue weighted by atomic mass is 79.9. The molecule has 0 bridgehead atoms. The van der Waals surface area contributed by atoms with Crippen molar-refractivity contribution in [3.63, 3.8) is 0 Å². The molecule has 1 aliphatic rings. The molecule has 0 atom stereocenters. The summed E-state index contributed by atoms with van der Waals surface area (Å²) in [6, 6.07) is 2.82. The van der Waals surface area contributed by atoms with Gasteiger partial charge >= 0.3 is 0 Å². The van der Waals surface area contributed by atoms with Crippen molar-refractivity contribution in [2.24, 2.45) is 0 Å². The molecule has 0 aliphatic heterocycles. The van der Waals surface area contributed by atoms with Gasteiger partial charge in [-0.2, -0.15) is 0 Å². The number of hydrogen-bond donors (Lipinski definition) is 0. The van der Waals surface area contributed by atoms with Crippen LogP contribution in [0.15, 0.2) is 17.0 Å². The fourth-order valence-corrected chi connectivity index (χ4v) is 3.13. The Morgan fingerprint density at radius 3 is 2.81 bits per heavy atom. The fourth-order valence-electron chi connectivity index (χ4n) is 2.75. The summed E-state index contributed by atoms with van der Waals surface area (Å²) >= 11 is 3.49. The fraction of sp³-hybridized carbons (Fsp3) is 0.500. The van der Waals surface area contributed by atoms with E-state index in [1.54, 1.807) is 6.33 Å². The first-order chi connectivity index (χ1) is 7.77. The average molecular weight is 280 g/mol. The van der Waals surface area contributed by atoms with Gasteiger partial charge in [-0.25, -0.2) is 9.97 Å². The average Bonchev–Trinajstić information content (AvgIpc) is 2.85. The minimum absolute atomic E-state index is 0.638. The molecule has 1 saturated carbocycles. The molecule has 3 nitrogen and oxygen atoms in total. The molecule has 0 saturated heterocycles. The summed E-state index contributed by atoms with van der Waals surface area (Å²) < 4.78 is 3.28. The molecule has 0 aromatic carbocycles. The largest absolute Gasteiger partial charge is 0.327 e. The predicted octanol–water partition coefficient (Wildman–Crippen LogP) is 3.62. The zero-order chi connectivity index (χ0) is 11.1. The van der Waals surface area contributed by atoms with Crippen molar-refractivity contribution in [3.8, 4) is 0 Å². The van der Waals surface area contributed by atoms with Crippen molar-refractivity contribution < 1.29 is 0 Å². The van der Waals surface area contributed by atoms with Crippen LogP contribution in [0.1, 0.15) is 37.4 Å². The van der Waals surface area contributed by atoms with E-state index in [9.17, 15) is 0 Å². The Bertz CT molecular complexity index is 526. The molecule has 2 aromatic rings. The lowest BCUT2D eigenvalue weighted by Crippen LogP contribution is -2.06. The molecule has 0 amide bonds. The van der Waals surface area contributed by atoms with E-state index < -0.39 is 0 Å². The van der Waals surface area contributed by atoms with Crippen molar-refractivity contribution in [3.05, 3.63) is 22.7 Å². The number of halogens is 1. The van der Waals surface area contributed by atoms with Gasteiger partial charge in [0.15, 0.2) is 0 Å². The monoisotopic (exact) mass is 279 g/mol. The Morgan fingerprint density at radius 1 is 1.31 bits per heavy atom. The van der Waals surface area contributed by atoms with Gasteiger partial charge in [-0.3, -0.25) is 0 Å². The molecule has 1 aliphatic carbocycles. The number of aryl methyl sites for hydroxylation is 1. The van der Waals surface area contributed by atoms with Crippen molar-refractivity contribution >= 4 is 27.0 Å². The Labute approximate surface area is 103 Å². The third-order valence-corrected chi connectivity index (χ3v) is 4.10. The quantitative estimate of drug-likeness (QED) is 0.747. The van der Waals surface area contributed by atoms with Crippen LogP contribution < -0.4 is 0 Å². The van der Waals surface area contributed by atoms with Crippen LogP contribution >= 0.6 is 15.9 Å². The molecule has 84 valence electrons.